The number of piperidine rings is 1. The maximum atomic E-state index is 12.4. The van der Waals surface area contributed by atoms with Gasteiger partial charge in [-0.15, -0.1) is 24.2 Å². The fourth-order valence-corrected chi connectivity index (χ4v) is 4.07. The summed E-state index contributed by atoms with van der Waals surface area (Å²) < 4.78 is 0. The molecule has 0 aromatic heterocycles. The Kier molecular flexibility index (Phi) is 8.00. The molecule has 128 valence electrons. The maximum absolute atomic E-state index is 12.4. The van der Waals surface area contributed by atoms with Gasteiger partial charge in [0.1, 0.15) is 6.04 Å². The maximum Gasteiger partial charge on any atom is 0.243 e. The van der Waals surface area contributed by atoms with Crippen molar-refractivity contribution in [2.24, 2.45) is 5.41 Å². The number of hydrogen-bond acceptors (Lipinski definition) is 4. The largest absolute Gasteiger partial charge is 0.354 e. The van der Waals surface area contributed by atoms with Crippen molar-refractivity contribution in [2.45, 2.75) is 45.6 Å². The average Bonchev–Trinajstić information content (AvgIpc) is 2.95. The highest BCUT2D eigenvalue weighted by atomic mass is 35.5. The zero-order valence-electron chi connectivity index (χ0n) is 13.5. The number of amides is 2. The van der Waals surface area contributed by atoms with E-state index in [0.29, 0.717) is 18.8 Å². The van der Waals surface area contributed by atoms with Crippen molar-refractivity contribution in [1.82, 2.24) is 15.5 Å². The molecule has 5 nitrogen and oxygen atoms in total. The first kappa shape index (κ1) is 19.6. The Hall–Kier alpha value is -0.460. The first-order valence-electron chi connectivity index (χ1n) is 7.91. The molecular formula is C15H28ClN3O2S. The minimum atomic E-state index is -0.278. The minimum Gasteiger partial charge on any atom is -0.354 e. The average molecular weight is 350 g/mol. The molecular weight excluding hydrogens is 322 g/mol. The summed E-state index contributed by atoms with van der Waals surface area (Å²) in [7, 11) is 0. The Morgan fingerprint density at radius 1 is 1.36 bits per heavy atom. The van der Waals surface area contributed by atoms with Crippen LogP contribution in [0.3, 0.4) is 0 Å². The molecule has 2 amide bonds. The summed E-state index contributed by atoms with van der Waals surface area (Å²) in [5.74, 6) is 1.50. The van der Waals surface area contributed by atoms with Gasteiger partial charge in [0.05, 0.1) is 5.88 Å². The van der Waals surface area contributed by atoms with Gasteiger partial charge in [0.25, 0.3) is 0 Å². The lowest BCUT2D eigenvalue weighted by Crippen LogP contribution is -2.50. The fourth-order valence-electron chi connectivity index (χ4n) is 2.89. The molecule has 7 heteroatoms. The summed E-state index contributed by atoms with van der Waals surface area (Å²) in [4.78, 5) is 26.2. The summed E-state index contributed by atoms with van der Waals surface area (Å²) in [5, 5.41) is 6.44. The third kappa shape index (κ3) is 5.03. The molecule has 2 aliphatic heterocycles. The smallest absolute Gasteiger partial charge is 0.243 e. The third-order valence-electron chi connectivity index (χ3n) is 4.47. The molecule has 2 N–H and O–H groups in total. The summed E-state index contributed by atoms with van der Waals surface area (Å²) in [6, 6.07) is -0.278. The predicted molar refractivity (Wildman–Crippen MR) is 93.3 cm³/mol. The number of halogens is 1. The van der Waals surface area contributed by atoms with Crippen LogP contribution in [0, 0.1) is 5.41 Å². The molecule has 2 heterocycles. The molecule has 0 aliphatic carbocycles. The Morgan fingerprint density at radius 3 is 2.68 bits per heavy atom. The van der Waals surface area contributed by atoms with E-state index < -0.39 is 0 Å². The summed E-state index contributed by atoms with van der Waals surface area (Å²) in [5.41, 5.74) is 0.185. The molecule has 2 rings (SSSR count). The molecule has 0 aromatic carbocycles. The first-order chi connectivity index (χ1) is 10.1. The highest BCUT2D eigenvalue weighted by Gasteiger charge is 2.35. The van der Waals surface area contributed by atoms with Crippen molar-refractivity contribution in [2.75, 3.05) is 31.3 Å². The van der Waals surface area contributed by atoms with Crippen molar-refractivity contribution >= 4 is 36.0 Å². The fraction of sp³-hybridized carbons (Fsp3) is 0.867. The molecule has 1 unspecified atom stereocenters. The van der Waals surface area contributed by atoms with Gasteiger partial charge >= 0.3 is 0 Å². The van der Waals surface area contributed by atoms with Crippen LogP contribution in [0.5, 0.6) is 0 Å². The van der Waals surface area contributed by atoms with E-state index in [2.05, 4.69) is 17.6 Å². The van der Waals surface area contributed by atoms with E-state index in [-0.39, 0.29) is 35.7 Å². The molecule has 0 spiro atoms. The highest BCUT2D eigenvalue weighted by molar-refractivity contribution is 7.99. The second-order valence-corrected chi connectivity index (χ2v) is 7.41. The topological polar surface area (TPSA) is 61.4 Å². The molecule has 0 bridgehead atoms. The van der Waals surface area contributed by atoms with Crippen LogP contribution in [0.1, 0.15) is 39.5 Å². The van der Waals surface area contributed by atoms with E-state index in [1.54, 1.807) is 16.7 Å². The van der Waals surface area contributed by atoms with Crippen LogP contribution in [0.25, 0.3) is 0 Å². The van der Waals surface area contributed by atoms with Crippen molar-refractivity contribution in [3.63, 3.8) is 0 Å². The van der Waals surface area contributed by atoms with Gasteiger partial charge in [0, 0.05) is 18.7 Å². The number of carbonyl (C=O) groups excluding carboxylic acids is 2. The van der Waals surface area contributed by atoms with Crippen molar-refractivity contribution in [3.8, 4) is 0 Å². The van der Waals surface area contributed by atoms with Crippen LogP contribution in [0.15, 0.2) is 0 Å². The van der Waals surface area contributed by atoms with Gasteiger partial charge in [-0.3, -0.25) is 9.59 Å². The van der Waals surface area contributed by atoms with Crippen LogP contribution >= 0.6 is 24.2 Å². The summed E-state index contributed by atoms with van der Waals surface area (Å²) in [6.07, 6.45) is 3.55. The Labute approximate surface area is 143 Å². The van der Waals surface area contributed by atoms with Gasteiger partial charge in [0.2, 0.25) is 11.8 Å². The molecule has 2 aliphatic rings. The lowest BCUT2D eigenvalue weighted by Gasteiger charge is -2.34. The van der Waals surface area contributed by atoms with Gasteiger partial charge in [0.15, 0.2) is 0 Å². The number of rotatable bonds is 5. The minimum absolute atomic E-state index is 0. The quantitative estimate of drug-likeness (QED) is 0.791. The third-order valence-corrected chi connectivity index (χ3v) is 5.48. The van der Waals surface area contributed by atoms with Crippen LogP contribution in [0.2, 0.25) is 0 Å². The van der Waals surface area contributed by atoms with Gasteiger partial charge in [-0.1, -0.05) is 13.8 Å². The molecule has 0 radical (unpaired) electrons. The van der Waals surface area contributed by atoms with Gasteiger partial charge in [-0.2, -0.15) is 0 Å². The molecule has 1 atom stereocenters. The number of thioether (sulfide) groups is 1. The van der Waals surface area contributed by atoms with E-state index in [1.165, 1.54) is 0 Å². The van der Waals surface area contributed by atoms with Gasteiger partial charge in [-0.05, 0) is 37.8 Å². The summed E-state index contributed by atoms with van der Waals surface area (Å²) in [6.45, 7) is 6.98. The number of hydrogen-bond donors (Lipinski definition) is 2. The van der Waals surface area contributed by atoms with Crippen LogP contribution in [-0.2, 0) is 9.59 Å². The molecule has 22 heavy (non-hydrogen) atoms. The van der Waals surface area contributed by atoms with Crippen LogP contribution in [0.4, 0.5) is 0 Å². The Balaban J connectivity index is 0.00000242. The van der Waals surface area contributed by atoms with E-state index in [4.69, 9.17) is 0 Å². The normalized spacial score (nSPS) is 23.7. The summed E-state index contributed by atoms with van der Waals surface area (Å²) >= 11 is 1.67. The van der Waals surface area contributed by atoms with Crippen LogP contribution < -0.4 is 10.6 Å². The van der Waals surface area contributed by atoms with E-state index in [0.717, 1.165) is 38.1 Å². The Bertz CT molecular complexity index is 389. The van der Waals surface area contributed by atoms with Gasteiger partial charge in [-0.25, -0.2) is 0 Å². The van der Waals surface area contributed by atoms with Crippen molar-refractivity contribution < 1.29 is 9.59 Å². The monoisotopic (exact) mass is 349 g/mol. The lowest BCUT2D eigenvalue weighted by molar-refractivity contribution is -0.138. The molecule has 2 saturated heterocycles. The Morgan fingerprint density at radius 2 is 2.05 bits per heavy atom. The zero-order chi connectivity index (χ0) is 15.3. The number of nitrogens with zero attached hydrogens (tertiary/aromatic N) is 1. The van der Waals surface area contributed by atoms with E-state index in [9.17, 15) is 9.59 Å². The van der Waals surface area contributed by atoms with Crippen molar-refractivity contribution in [3.05, 3.63) is 0 Å². The van der Waals surface area contributed by atoms with E-state index in [1.807, 2.05) is 6.92 Å². The van der Waals surface area contributed by atoms with Gasteiger partial charge < -0.3 is 15.5 Å². The predicted octanol–water partition coefficient (Wildman–Crippen LogP) is 1.62. The van der Waals surface area contributed by atoms with Crippen molar-refractivity contribution in [1.29, 1.82) is 0 Å². The number of nitrogens with one attached hydrogen (secondary N) is 2. The first-order valence-corrected chi connectivity index (χ1v) is 9.07. The number of carbonyl (C=O) groups is 2. The standard InChI is InChI=1S/C15H27N3O2S.ClH/c1-3-4-13(19)18-11-21-9-12(18)14(20)17-10-15(2)5-7-16-8-6-15;/h12,16H,3-11H2,1-2H3,(H,17,20);1H. The second-order valence-electron chi connectivity index (χ2n) is 6.41. The molecule has 0 saturated carbocycles. The SMILES string of the molecule is CCCC(=O)N1CSCC1C(=O)NCC1(C)CCNCC1.Cl. The lowest BCUT2D eigenvalue weighted by atomic mass is 9.81. The molecule has 0 aromatic rings. The zero-order valence-corrected chi connectivity index (χ0v) is 15.2. The molecule has 2 fully saturated rings. The van der Waals surface area contributed by atoms with Crippen LogP contribution in [-0.4, -0.2) is 54.0 Å². The van der Waals surface area contributed by atoms with E-state index >= 15 is 0 Å². The highest BCUT2D eigenvalue weighted by Crippen LogP contribution is 2.27. The second kappa shape index (κ2) is 8.99.